The Morgan fingerprint density at radius 2 is 1.38 bits per heavy atom. The van der Waals surface area contributed by atoms with E-state index in [0.717, 1.165) is 0 Å². The summed E-state index contributed by atoms with van der Waals surface area (Å²) < 4.78 is 25.1. The largest absolute Gasteiger partial charge is 0.508 e. The van der Waals surface area contributed by atoms with Crippen LogP contribution in [0.15, 0.2) is 132 Å². The van der Waals surface area contributed by atoms with Gasteiger partial charge in [0, 0.05) is 78.9 Å². The molecule has 0 spiro atoms. The normalized spacial score (nSPS) is 25.4. The number of hydrogen-bond donors (Lipinski definition) is 9. The minimum absolute atomic E-state index is 0.0492. The lowest BCUT2D eigenvalue weighted by Gasteiger charge is -2.68. The van der Waals surface area contributed by atoms with Crippen molar-refractivity contribution >= 4 is 71.0 Å². The Labute approximate surface area is 563 Å². The number of ether oxygens (including phenoxy) is 4. The summed E-state index contributed by atoms with van der Waals surface area (Å²) in [5.74, 6) is -11.2. The molecule has 1 heterocycles. The van der Waals surface area contributed by atoms with Crippen molar-refractivity contribution in [2.24, 2.45) is 45.5 Å². The van der Waals surface area contributed by atoms with Crippen molar-refractivity contribution in [1.82, 2.24) is 21.3 Å². The third-order valence-corrected chi connectivity index (χ3v) is 20.1. The van der Waals surface area contributed by atoms with E-state index in [4.69, 9.17) is 30.4 Å². The highest BCUT2D eigenvalue weighted by atomic mass is 16.6. The Balaban J connectivity index is 0.933. The molecule has 97 heavy (non-hydrogen) atoms. The van der Waals surface area contributed by atoms with E-state index in [1.165, 1.54) is 31.2 Å². The summed E-state index contributed by atoms with van der Waals surface area (Å²) >= 11 is 0. The molecule has 0 radical (unpaired) electrons. The standard InChI is InChI=1S/C73H88N6O18/c1-41-52(39-73(93)64(97-68(91)47-23-15-10-16-24-47)62-71(6)40-94-54(71)38-53(82)72(62,7)63(87)42(2)59(41)70(73,4)5)95-69(92)61(60(45-19-11-8-12-20-45)79-67(90)46-21-13-9-14-22-46)96-58(86)35-34-55(83)76-36-18-17-25-50(66(75)89)78-57(85)33-29-48(65(74)88)37-51(81)43(3)77-56(84)32-28-44-26-30-49(80)31-27-44/h8-16,19-24,26-28,30-32,42-43,48,50,52-54,60-62,64,80,82,93H,17-18,25,29,33-40H2,1-7H3,(H2,74,88)(H2,75,89)(H,76,83)(H,77,84)(H,78,85)(H,79,90)/b32-28+/t42-,43?,48-,50?,52+,53+,54-,60+,61-,62-,64+,71-,72-,73-/m1/s1. The molecular weight excluding hydrogens is 1250 g/mol. The average Bonchev–Trinajstić information content (AvgIpc) is 0.674. The molecule has 1 saturated heterocycles. The van der Waals surface area contributed by atoms with Crippen molar-refractivity contribution in [2.45, 2.75) is 167 Å². The van der Waals surface area contributed by atoms with Gasteiger partial charge < -0.3 is 67.0 Å². The van der Waals surface area contributed by atoms with E-state index in [1.54, 1.807) is 138 Å². The lowest BCUT2D eigenvalue weighted by atomic mass is 9.41. The lowest BCUT2D eigenvalue weighted by molar-refractivity contribution is -0.312. The number of carbonyl (C=O) groups excluding carboxylic acids is 11. The fraction of sp³-hybridized carbons (Fsp3) is 0.466. The second kappa shape index (κ2) is 31.2. The molecule has 1 aliphatic heterocycles. The van der Waals surface area contributed by atoms with Crippen molar-refractivity contribution in [3.8, 4) is 5.75 Å². The zero-order valence-corrected chi connectivity index (χ0v) is 55.6. The third kappa shape index (κ3) is 16.5. The number of aromatic hydroxyl groups is 1. The van der Waals surface area contributed by atoms with Crippen LogP contribution in [0.25, 0.3) is 6.08 Å². The monoisotopic (exact) mass is 1340 g/mol. The van der Waals surface area contributed by atoms with Crippen LogP contribution < -0.4 is 32.7 Å². The number of benzene rings is 4. The number of nitrogens with two attached hydrogens (primary N) is 2. The lowest BCUT2D eigenvalue weighted by Crippen LogP contribution is -2.77. The molecule has 8 rings (SSSR count). The summed E-state index contributed by atoms with van der Waals surface area (Å²) in [6, 6.07) is 26.8. The highest BCUT2D eigenvalue weighted by molar-refractivity contribution is 5.98. The Morgan fingerprint density at radius 3 is 1.99 bits per heavy atom. The maximum atomic E-state index is 15.5. The van der Waals surface area contributed by atoms with Crippen molar-refractivity contribution < 1.29 is 87.0 Å². The SMILES string of the molecule is CC1=C2[C@@H](C)C(=O)[C@@]3(C)[C@H]([C@H](OC(=O)c4ccccc4)[C@](O)(C[C@@H]1OC(=O)[C@H](OC(=O)CCC(=O)NCCCCC(NC(=O)CC[C@H](CC(=O)C(C)NC(=O)/C=C/c1ccc(O)cc1)C(N)=O)C(N)=O)[C@@H](NC(=O)c1ccccc1)c1ccccc1)C2(C)C)[C@]1(C)CO[C@@H]1C[C@@H]3O. The Kier molecular flexibility index (Phi) is 23.6. The van der Waals surface area contributed by atoms with Gasteiger partial charge in [-0.1, -0.05) is 107 Å². The zero-order valence-electron chi connectivity index (χ0n) is 55.6. The first-order chi connectivity index (χ1) is 45.9. The quantitative estimate of drug-likeness (QED) is 0.0107. The molecule has 4 aromatic carbocycles. The van der Waals surface area contributed by atoms with Gasteiger partial charge >= 0.3 is 17.9 Å². The number of fused-ring (bicyclic) bond motifs is 5. The number of primary amides is 2. The van der Waals surface area contributed by atoms with Crippen LogP contribution in [0.3, 0.4) is 0 Å². The summed E-state index contributed by atoms with van der Waals surface area (Å²) in [6.07, 6.45) is -5.67. The highest BCUT2D eigenvalue weighted by Gasteiger charge is 2.75. The Bertz CT molecular complexity index is 3660. The van der Waals surface area contributed by atoms with E-state index in [1.807, 2.05) is 6.92 Å². The number of amides is 6. The third-order valence-electron chi connectivity index (χ3n) is 20.1. The predicted octanol–water partition coefficient (Wildman–Crippen LogP) is 5.50. The smallest absolute Gasteiger partial charge is 0.350 e. The van der Waals surface area contributed by atoms with E-state index < -0.39 is 167 Å². The maximum absolute atomic E-state index is 15.5. The number of carbonyl (C=O) groups is 11. The van der Waals surface area contributed by atoms with Crippen molar-refractivity contribution in [1.29, 1.82) is 0 Å². The van der Waals surface area contributed by atoms with E-state index in [0.29, 0.717) is 22.3 Å². The minimum Gasteiger partial charge on any atom is -0.508 e. The summed E-state index contributed by atoms with van der Waals surface area (Å²) in [6.45, 7) is 12.0. The van der Waals surface area contributed by atoms with Crippen molar-refractivity contribution in [3.05, 3.63) is 155 Å². The molecule has 24 nitrogen and oxygen atoms in total. The number of nitrogens with one attached hydrogen (secondary N) is 4. The number of aliphatic hydroxyl groups excluding tert-OH is 1. The molecule has 3 fully saturated rings. The second-order valence-corrected chi connectivity index (χ2v) is 26.8. The zero-order chi connectivity index (χ0) is 70.7. The maximum Gasteiger partial charge on any atom is 0.350 e. The molecule has 2 unspecified atom stereocenters. The van der Waals surface area contributed by atoms with Crippen LogP contribution in [0.2, 0.25) is 0 Å². The van der Waals surface area contributed by atoms with Gasteiger partial charge in [-0.2, -0.15) is 0 Å². The van der Waals surface area contributed by atoms with Crippen LogP contribution in [-0.4, -0.2) is 142 Å². The van der Waals surface area contributed by atoms with Crippen LogP contribution in [-0.2, 0) is 62.1 Å². The number of phenols is 1. The average molecular weight is 1340 g/mol. The van der Waals surface area contributed by atoms with Gasteiger partial charge in [0.1, 0.15) is 41.4 Å². The number of phenolic OH excluding ortho intramolecular Hbond substituents is 1. The molecule has 6 amide bonds. The van der Waals surface area contributed by atoms with Crippen molar-refractivity contribution in [2.75, 3.05) is 13.2 Å². The van der Waals surface area contributed by atoms with Crippen LogP contribution in [0.1, 0.15) is 151 Å². The summed E-state index contributed by atoms with van der Waals surface area (Å²) in [7, 11) is 0. The van der Waals surface area contributed by atoms with Gasteiger partial charge in [-0.25, -0.2) is 9.59 Å². The highest BCUT2D eigenvalue weighted by Crippen LogP contribution is 2.66. The van der Waals surface area contributed by atoms with Crippen LogP contribution >= 0.6 is 0 Å². The first kappa shape index (κ1) is 73.4. The van der Waals surface area contributed by atoms with Crippen molar-refractivity contribution in [3.63, 3.8) is 0 Å². The van der Waals surface area contributed by atoms with Gasteiger partial charge in [0.05, 0.1) is 42.3 Å². The molecule has 2 bridgehead atoms. The van der Waals surface area contributed by atoms with Crippen LogP contribution in [0.5, 0.6) is 5.75 Å². The summed E-state index contributed by atoms with van der Waals surface area (Å²) in [4.78, 5) is 150. The number of aliphatic hydroxyl groups is 2. The number of unbranched alkanes of at least 4 members (excludes halogenated alkanes) is 1. The van der Waals surface area contributed by atoms with E-state index in [2.05, 4.69) is 21.3 Å². The van der Waals surface area contributed by atoms with Gasteiger partial charge in [0.25, 0.3) is 5.91 Å². The van der Waals surface area contributed by atoms with Crippen LogP contribution in [0.4, 0.5) is 0 Å². The van der Waals surface area contributed by atoms with Gasteiger partial charge in [-0.05, 0) is 111 Å². The van der Waals surface area contributed by atoms with E-state index >= 15 is 9.59 Å². The number of Topliss-reactive ketones (excluding diaryl/α,β-unsaturated/α-hetero) is 2. The van der Waals surface area contributed by atoms with Gasteiger partial charge in [0.15, 0.2) is 5.78 Å². The number of esters is 3. The Morgan fingerprint density at radius 1 is 0.753 bits per heavy atom. The molecule has 518 valence electrons. The summed E-state index contributed by atoms with van der Waals surface area (Å²) in [5, 5.41) is 46.1. The minimum atomic E-state index is -2.16. The van der Waals surface area contributed by atoms with Gasteiger partial charge in [0.2, 0.25) is 35.6 Å². The molecule has 24 heteroatoms. The molecule has 3 aliphatic carbocycles. The molecule has 0 aromatic heterocycles. The van der Waals surface area contributed by atoms with E-state index in [9.17, 15) is 58.5 Å². The van der Waals surface area contributed by atoms with Gasteiger partial charge in [-0.15, -0.1) is 0 Å². The fourth-order valence-corrected chi connectivity index (χ4v) is 14.5. The topological polar surface area (TPSA) is 386 Å². The second-order valence-electron chi connectivity index (χ2n) is 26.8. The number of ketones is 2. The van der Waals surface area contributed by atoms with E-state index in [-0.39, 0.29) is 80.8 Å². The molecule has 11 N–H and O–H groups in total. The number of hydrogen-bond acceptors (Lipinski definition) is 18. The summed E-state index contributed by atoms with van der Waals surface area (Å²) in [5.41, 5.74) is 7.15. The molecule has 14 atom stereocenters. The molecule has 4 aliphatic rings. The predicted molar refractivity (Wildman–Crippen MR) is 352 cm³/mol. The molecule has 2 saturated carbocycles. The van der Waals surface area contributed by atoms with Gasteiger partial charge in [-0.3, -0.25) is 43.2 Å². The molecular formula is C73H88N6O18. The molecule has 4 aromatic rings. The first-order valence-corrected chi connectivity index (χ1v) is 32.7. The van der Waals surface area contributed by atoms with Crippen LogP contribution in [0, 0.1) is 34.0 Å². The number of rotatable bonds is 29. The Hall–Kier alpha value is -9.39. The first-order valence-electron chi connectivity index (χ1n) is 32.7. The fourth-order valence-electron chi connectivity index (χ4n) is 14.5.